The Bertz CT molecular complexity index is 1120. The molecule has 0 radical (unpaired) electrons. The van der Waals surface area contributed by atoms with Crippen LogP contribution in [0, 0.1) is 0 Å². The molecule has 4 aromatic rings. The first kappa shape index (κ1) is 16.8. The monoisotopic (exact) mass is 384 g/mol. The van der Waals surface area contributed by atoms with E-state index >= 15 is 0 Å². The zero-order valence-electron chi connectivity index (χ0n) is 13.6. The van der Waals surface area contributed by atoms with E-state index in [4.69, 9.17) is 16.0 Å². The third-order valence-electron chi connectivity index (χ3n) is 3.79. The van der Waals surface area contributed by atoms with Gasteiger partial charge in [0.1, 0.15) is 5.82 Å². The van der Waals surface area contributed by atoms with Gasteiger partial charge in [0.15, 0.2) is 0 Å². The van der Waals surface area contributed by atoms with E-state index < -0.39 is 0 Å². The van der Waals surface area contributed by atoms with Gasteiger partial charge in [0, 0.05) is 10.6 Å². The number of nitrogens with one attached hydrogen (secondary N) is 1. The van der Waals surface area contributed by atoms with Crippen molar-refractivity contribution in [1.82, 2.24) is 20.2 Å². The summed E-state index contributed by atoms with van der Waals surface area (Å²) in [5.41, 5.74) is 1.29. The van der Waals surface area contributed by atoms with Crippen LogP contribution in [0.4, 0.5) is 0 Å². The van der Waals surface area contributed by atoms with Crippen molar-refractivity contribution >= 4 is 34.3 Å². The number of thioether (sulfide) groups is 1. The second-order valence-electron chi connectivity index (χ2n) is 5.61. The van der Waals surface area contributed by atoms with Crippen molar-refractivity contribution < 1.29 is 4.42 Å². The van der Waals surface area contributed by atoms with Gasteiger partial charge in [-0.05, 0) is 43.3 Å². The minimum atomic E-state index is -0.162. The number of hydrogen-bond acceptors (Lipinski definition) is 6. The van der Waals surface area contributed by atoms with Crippen molar-refractivity contribution in [3.8, 4) is 11.5 Å². The number of H-pyrrole nitrogens is 1. The highest BCUT2D eigenvalue weighted by molar-refractivity contribution is 7.99. The van der Waals surface area contributed by atoms with Gasteiger partial charge in [-0.1, -0.05) is 35.5 Å². The first-order valence-corrected chi connectivity index (χ1v) is 9.11. The molecule has 4 rings (SSSR count). The largest absolute Gasteiger partial charge is 0.411 e. The van der Waals surface area contributed by atoms with Gasteiger partial charge in [-0.15, -0.1) is 10.2 Å². The molecule has 1 unspecified atom stereocenters. The number of hydrogen-bond donors (Lipinski definition) is 1. The molecule has 0 aliphatic rings. The van der Waals surface area contributed by atoms with Gasteiger partial charge in [-0.2, -0.15) is 0 Å². The SMILES string of the molecule is CC(Sc1nnc(-c2ccc(Cl)cc2)o1)c1nc2ccccc2c(=O)[nH]1. The van der Waals surface area contributed by atoms with E-state index in [1.807, 2.05) is 37.3 Å². The minimum absolute atomic E-state index is 0.161. The van der Waals surface area contributed by atoms with E-state index in [2.05, 4.69) is 20.2 Å². The molecular weight excluding hydrogens is 372 g/mol. The molecule has 2 aromatic carbocycles. The number of aromatic nitrogens is 4. The molecule has 1 N–H and O–H groups in total. The summed E-state index contributed by atoms with van der Waals surface area (Å²) in [6.45, 7) is 1.92. The lowest BCUT2D eigenvalue weighted by molar-refractivity contribution is 0.465. The first-order chi connectivity index (χ1) is 12.6. The van der Waals surface area contributed by atoms with E-state index in [1.54, 1.807) is 18.2 Å². The van der Waals surface area contributed by atoms with Crippen molar-refractivity contribution in [2.75, 3.05) is 0 Å². The van der Waals surface area contributed by atoms with Gasteiger partial charge < -0.3 is 9.40 Å². The lowest BCUT2D eigenvalue weighted by atomic mass is 10.2. The maximum Gasteiger partial charge on any atom is 0.277 e. The van der Waals surface area contributed by atoms with Crippen LogP contribution < -0.4 is 5.56 Å². The summed E-state index contributed by atoms with van der Waals surface area (Å²) < 4.78 is 5.70. The molecule has 0 saturated carbocycles. The molecule has 6 nitrogen and oxygen atoms in total. The van der Waals surface area contributed by atoms with Crippen molar-refractivity contribution in [1.29, 1.82) is 0 Å². The number of aromatic amines is 1. The van der Waals surface area contributed by atoms with Crippen LogP contribution in [0.25, 0.3) is 22.4 Å². The summed E-state index contributed by atoms with van der Waals surface area (Å²) in [4.78, 5) is 19.6. The Morgan fingerprint density at radius 2 is 1.88 bits per heavy atom. The molecule has 2 heterocycles. The molecule has 0 amide bonds. The fourth-order valence-corrected chi connectivity index (χ4v) is 3.34. The molecule has 0 saturated heterocycles. The summed E-state index contributed by atoms with van der Waals surface area (Å²) in [7, 11) is 0. The average Bonchev–Trinajstić information content (AvgIpc) is 3.10. The van der Waals surface area contributed by atoms with Crippen LogP contribution in [-0.4, -0.2) is 20.2 Å². The van der Waals surface area contributed by atoms with Gasteiger partial charge in [-0.25, -0.2) is 4.98 Å². The highest BCUT2D eigenvalue weighted by atomic mass is 35.5. The van der Waals surface area contributed by atoms with Crippen LogP contribution in [0.2, 0.25) is 5.02 Å². The van der Waals surface area contributed by atoms with Crippen molar-refractivity contribution in [3.05, 3.63) is 69.7 Å². The number of benzene rings is 2. The summed E-state index contributed by atoms with van der Waals surface area (Å²) in [5, 5.41) is 9.56. The summed E-state index contributed by atoms with van der Waals surface area (Å²) in [5.74, 6) is 0.973. The van der Waals surface area contributed by atoms with Crippen molar-refractivity contribution in [2.24, 2.45) is 0 Å². The van der Waals surface area contributed by atoms with E-state index in [9.17, 15) is 4.79 Å². The van der Waals surface area contributed by atoms with E-state index in [1.165, 1.54) is 11.8 Å². The lowest BCUT2D eigenvalue weighted by Gasteiger charge is -2.08. The smallest absolute Gasteiger partial charge is 0.277 e. The highest BCUT2D eigenvalue weighted by Gasteiger charge is 2.17. The van der Waals surface area contributed by atoms with Crippen molar-refractivity contribution in [2.45, 2.75) is 17.4 Å². The van der Waals surface area contributed by atoms with Gasteiger partial charge >= 0.3 is 0 Å². The second-order valence-corrected chi connectivity index (χ2v) is 7.34. The predicted octanol–water partition coefficient (Wildman–Crippen LogP) is 4.48. The molecule has 130 valence electrons. The van der Waals surface area contributed by atoms with E-state index in [0.29, 0.717) is 32.9 Å². The Balaban J connectivity index is 1.58. The maximum atomic E-state index is 12.2. The van der Waals surface area contributed by atoms with Crippen LogP contribution in [0.5, 0.6) is 0 Å². The summed E-state index contributed by atoms with van der Waals surface area (Å²) in [6.07, 6.45) is 0. The van der Waals surface area contributed by atoms with E-state index in [0.717, 1.165) is 5.56 Å². The van der Waals surface area contributed by atoms with Gasteiger partial charge in [0.05, 0.1) is 16.2 Å². The number of rotatable bonds is 4. The van der Waals surface area contributed by atoms with Gasteiger partial charge in [0.2, 0.25) is 5.89 Å². The standard InChI is InChI=1S/C18H13ClN4O2S/c1-10(15-20-14-5-3-2-4-13(14)16(24)21-15)26-18-23-22-17(25-18)11-6-8-12(19)9-7-11/h2-10H,1H3,(H,20,21,24). The highest BCUT2D eigenvalue weighted by Crippen LogP contribution is 2.33. The Morgan fingerprint density at radius 3 is 2.69 bits per heavy atom. The second kappa shape index (κ2) is 6.93. The topological polar surface area (TPSA) is 84.7 Å². The third kappa shape index (κ3) is 3.36. The molecular formula is C18H13ClN4O2S. The fraction of sp³-hybridized carbons (Fsp3) is 0.111. The van der Waals surface area contributed by atoms with Crippen LogP contribution in [0.15, 0.2) is 63.0 Å². The zero-order valence-corrected chi connectivity index (χ0v) is 15.2. The number of nitrogens with zero attached hydrogens (tertiary/aromatic N) is 3. The van der Waals surface area contributed by atoms with Crippen LogP contribution in [0.3, 0.4) is 0 Å². The predicted molar refractivity (Wildman–Crippen MR) is 101 cm³/mol. The van der Waals surface area contributed by atoms with Gasteiger partial charge in [0.25, 0.3) is 10.8 Å². The Morgan fingerprint density at radius 1 is 1.12 bits per heavy atom. The summed E-state index contributed by atoms with van der Waals surface area (Å²) in [6, 6.07) is 14.4. The molecule has 2 aromatic heterocycles. The number of halogens is 1. The molecule has 8 heteroatoms. The lowest BCUT2D eigenvalue weighted by Crippen LogP contribution is -2.12. The Labute approximate surface area is 157 Å². The number of para-hydroxylation sites is 1. The van der Waals surface area contributed by atoms with Crippen molar-refractivity contribution in [3.63, 3.8) is 0 Å². The third-order valence-corrected chi connectivity index (χ3v) is 4.99. The van der Waals surface area contributed by atoms with Crippen LogP contribution in [0.1, 0.15) is 18.0 Å². The molecule has 0 fully saturated rings. The quantitative estimate of drug-likeness (QED) is 0.522. The van der Waals surface area contributed by atoms with Gasteiger partial charge in [-0.3, -0.25) is 4.79 Å². The fourth-order valence-electron chi connectivity index (χ4n) is 2.47. The molecule has 1 atom stereocenters. The zero-order chi connectivity index (χ0) is 18.1. The van der Waals surface area contributed by atoms with Crippen LogP contribution in [-0.2, 0) is 0 Å². The Kier molecular flexibility index (Phi) is 4.48. The number of fused-ring (bicyclic) bond motifs is 1. The summed E-state index contributed by atoms with van der Waals surface area (Å²) >= 11 is 7.22. The molecule has 0 aliphatic heterocycles. The van der Waals surface area contributed by atoms with E-state index in [-0.39, 0.29) is 10.8 Å². The normalized spacial score (nSPS) is 12.4. The Hall–Kier alpha value is -2.64. The minimum Gasteiger partial charge on any atom is -0.411 e. The molecule has 0 bridgehead atoms. The van der Waals surface area contributed by atoms with Crippen LogP contribution >= 0.6 is 23.4 Å². The first-order valence-electron chi connectivity index (χ1n) is 7.85. The average molecular weight is 385 g/mol. The maximum absolute atomic E-state index is 12.2. The molecule has 0 spiro atoms. The molecule has 0 aliphatic carbocycles. The molecule has 26 heavy (non-hydrogen) atoms.